The van der Waals surface area contributed by atoms with Gasteiger partial charge in [0.05, 0.1) is 11.1 Å². The summed E-state index contributed by atoms with van der Waals surface area (Å²) in [5.74, 6) is -0.891. The van der Waals surface area contributed by atoms with Gasteiger partial charge in [-0.2, -0.15) is 13.2 Å². The van der Waals surface area contributed by atoms with E-state index < -0.39 is 35.4 Å². The molecule has 2 aromatic rings. The average Bonchev–Trinajstić information content (AvgIpc) is 2.57. The van der Waals surface area contributed by atoms with Gasteiger partial charge < -0.3 is 0 Å². The second kappa shape index (κ2) is 10.6. The number of hydrogen-bond donors (Lipinski definition) is 0. The average molecular weight is 422 g/mol. The molecule has 0 unspecified atom stereocenters. The van der Waals surface area contributed by atoms with Crippen LogP contribution in [0.1, 0.15) is 56.4 Å². The molecule has 0 radical (unpaired) electrons. The van der Waals surface area contributed by atoms with Gasteiger partial charge in [0.25, 0.3) is 6.43 Å². The lowest BCUT2D eigenvalue weighted by Crippen LogP contribution is -2.07. The van der Waals surface area contributed by atoms with Crippen LogP contribution in [-0.2, 0) is 19.0 Å². The van der Waals surface area contributed by atoms with Crippen molar-refractivity contribution >= 4 is 0 Å². The molecule has 2 aromatic carbocycles. The normalized spacial score (nSPS) is 11.8. The zero-order valence-electron chi connectivity index (χ0n) is 16.8. The lowest BCUT2D eigenvalue weighted by molar-refractivity contribution is -0.137. The molecule has 0 spiro atoms. The van der Waals surface area contributed by atoms with E-state index in [4.69, 9.17) is 0 Å². The fourth-order valence-electron chi connectivity index (χ4n) is 2.71. The SMILES string of the molecule is CC(C)Cc1cc(C(F)(F)F)ccc1F.CC(C)Cc1ccc(F)c(C(F)F)c1. The van der Waals surface area contributed by atoms with Crippen molar-refractivity contribution in [2.45, 2.75) is 53.1 Å². The van der Waals surface area contributed by atoms with Crippen molar-refractivity contribution in [3.8, 4) is 0 Å². The van der Waals surface area contributed by atoms with Crippen LogP contribution in [-0.4, -0.2) is 0 Å². The van der Waals surface area contributed by atoms with E-state index in [1.807, 2.05) is 27.7 Å². The highest BCUT2D eigenvalue weighted by molar-refractivity contribution is 5.27. The van der Waals surface area contributed by atoms with Gasteiger partial charge in [0.15, 0.2) is 0 Å². The van der Waals surface area contributed by atoms with Crippen molar-refractivity contribution in [1.82, 2.24) is 0 Å². The molecular weight excluding hydrogens is 397 g/mol. The summed E-state index contributed by atoms with van der Waals surface area (Å²) < 4.78 is 87.6. The second-order valence-corrected chi connectivity index (χ2v) is 7.66. The molecule has 0 aliphatic heterocycles. The maximum Gasteiger partial charge on any atom is 0.416 e. The number of benzene rings is 2. The molecule has 0 fully saturated rings. The lowest BCUT2D eigenvalue weighted by atomic mass is 10.0. The minimum atomic E-state index is -4.40. The van der Waals surface area contributed by atoms with E-state index >= 15 is 0 Å². The van der Waals surface area contributed by atoms with Crippen molar-refractivity contribution < 1.29 is 30.7 Å². The third-order valence-corrected chi connectivity index (χ3v) is 3.94. The zero-order chi connectivity index (χ0) is 22.4. The van der Waals surface area contributed by atoms with E-state index in [1.165, 1.54) is 6.07 Å². The Morgan fingerprint density at radius 3 is 1.79 bits per heavy atom. The molecule has 0 aromatic heterocycles. The molecule has 162 valence electrons. The first kappa shape index (κ1) is 25.0. The molecule has 7 heteroatoms. The Kier molecular flexibility index (Phi) is 9.17. The first-order chi connectivity index (χ1) is 13.3. The smallest absolute Gasteiger partial charge is 0.207 e. The van der Waals surface area contributed by atoms with Crippen LogP contribution in [0.5, 0.6) is 0 Å². The monoisotopic (exact) mass is 422 g/mol. The van der Waals surface area contributed by atoms with E-state index in [0.29, 0.717) is 18.8 Å². The van der Waals surface area contributed by atoms with Crippen LogP contribution in [0.15, 0.2) is 36.4 Å². The first-order valence-electron chi connectivity index (χ1n) is 9.23. The van der Waals surface area contributed by atoms with Gasteiger partial charge >= 0.3 is 6.18 Å². The van der Waals surface area contributed by atoms with Gasteiger partial charge in [-0.05, 0) is 66.1 Å². The van der Waals surface area contributed by atoms with Gasteiger partial charge in [-0.1, -0.05) is 33.8 Å². The number of hydrogen-bond acceptors (Lipinski definition) is 0. The molecule has 0 bridgehead atoms. The number of halogens is 7. The lowest BCUT2D eigenvalue weighted by Gasteiger charge is -2.11. The summed E-state index contributed by atoms with van der Waals surface area (Å²) in [5, 5.41) is 0. The standard InChI is InChI=1S/C11H12F4.C11H13F3/c1-7(2)5-8-6-9(11(13,14)15)3-4-10(8)12;1-7(2)5-8-3-4-10(12)9(6-8)11(13)14/h3-4,6-7H,5H2,1-2H3;3-4,6-7,11H,5H2,1-2H3. The summed E-state index contributed by atoms with van der Waals surface area (Å²) in [7, 11) is 0. The highest BCUT2D eigenvalue weighted by Gasteiger charge is 2.31. The molecule has 0 N–H and O–H groups in total. The summed E-state index contributed by atoms with van der Waals surface area (Å²) in [5.41, 5.74) is -0.403. The molecule has 0 heterocycles. The predicted octanol–water partition coefficient (Wildman–Crippen LogP) is 8.00. The summed E-state index contributed by atoms with van der Waals surface area (Å²) in [6.07, 6.45) is -6.13. The van der Waals surface area contributed by atoms with Gasteiger partial charge in [-0.15, -0.1) is 0 Å². The molecule has 0 saturated heterocycles. The topological polar surface area (TPSA) is 0 Å². The van der Waals surface area contributed by atoms with E-state index in [-0.39, 0.29) is 11.5 Å². The Morgan fingerprint density at radius 2 is 1.31 bits per heavy atom. The van der Waals surface area contributed by atoms with Crippen LogP contribution in [0.25, 0.3) is 0 Å². The van der Waals surface area contributed by atoms with E-state index in [1.54, 1.807) is 6.07 Å². The fourth-order valence-corrected chi connectivity index (χ4v) is 2.71. The molecule has 0 saturated carbocycles. The molecule has 0 aliphatic rings. The second-order valence-electron chi connectivity index (χ2n) is 7.66. The van der Waals surface area contributed by atoms with Gasteiger partial charge in [0.1, 0.15) is 11.6 Å². The highest BCUT2D eigenvalue weighted by atomic mass is 19.4. The van der Waals surface area contributed by atoms with Crippen LogP contribution in [0.4, 0.5) is 30.7 Å². The Hall–Kier alpha value is -2.05. The van der Waals surface area contributed by atoms with Crippen LogP contribution in [0, 0.1) is 23.5 Å². The zero-order valence-corrected chi connectivity index (χ0v) is 16.8. The summed E-state index contributed by atoms with van der Waals surface area (Å²) in [6.45, 7) is 7.65. The Bertz CT molecular complexity index is 777. The minimum Gasteiger partial charge on any atom is -0.207 e. The molecule has 0 amide bonds. The summed E-state index contributed by atoms with van der Waals surface area (Å²) >= 11 is 0. The van der Waals surface area contributed by atoms with Crippen molar-refractivity contribution in [2.24, 2.45) is 11.8 Å². The molecule has 0 aliphatic carbocycles. The van der Waals surface area contributed by atoms with Gasteiger partial charge in [0, 0.05) is 0 Å². The third-order valence-electron chi connectivity index (χ3n) is 3.94. The van der Waals surface area contributed by atoms with Crippen molar-refractivity contribution in [1.29, 1.82) is 0 Å². The molecular formula is C22H25F7. The van der Waals surface area contributed by atoms with Crippen LogP contribution in [0.3, 0.4) is 0 Å². The van der Waals surface area contributed by atoms with Gasteiger partial charge in [0.2, 0.25) is 0 Å². The maximum absolute atomic E-state index is 13.2. The Balaban J connectivity index is 0.000000291. The maximum atomic E-state index is 13.2. The molecule has 2 rings (SSSR count). The van der Waals surface area contributed by atoms with Crippen LogP contribution < -0.4 is 0 Å². The third kappa shape index (κ3) is 8.46. The predicted molar refractivity (Wildman–Crippen MR) is 99.8 cm³/mol. The van der Waals surface area contributed by atoms with Gasteiger partial charge in [-0.25, -0.2) is 17.6 Å². The van der Waals surface area contributed by atoms with E-state index in [2.05, 4.69) is 0 Å². The van der Waals surface area contributed by atoms with Crippen molar-refractivity contribution in [2.75, 3.05) is 0 Å². The van der Waals surface area contributed by atoms with E-state index in [0.717, 1.165) is 29.8 Å². The number of rotatable bonds is 5. The quantitative estimate of drug-likeness (QED) is 0.428. The number of alkyl halides is 5. The molecule has 0 atom stereocenters. The Labute approximate surface area is 166 Å². The largest absolute Gasteiger partial charge is 0.416 e. The van der Waals surface area contributed by atoms with Crippen molar-refractivity contribution in [3.05, 3.63) is 70.3 Å². The summed E-state index contributed by atoms with van der Waals surface area (Å²) in [4.78, 5) is 0. The van der Waals surface area contributed by atoms with Crippen LogP contribution >= 0.6 is 0 Å². The highest BCUT2D eigenvalue weighted by Crippen LogP contribution is 2.31. The Morgan fingerprint density at radius 1 is 0.759 bits per heavy atom. The first-order valence-corrected chi connectivity index (χ1v) is 9.23. The van der Waals surface area contributed by atoms with E-state index in [9.17, 15) is 30.7 Å². The minimum absolute atomic E-state index is 0.125. The molecule has 0 nitrogen and oxygen atoms in total. The summed E-state index contributed by atoms with van der Waals surface area (Å²) in [6, 6.07) is 6.44. The van der Waals surface area contributed by atoms with Gasteiger partial charge in [-0.3, -0.25) is 0 Å². The van der Waals surface area contributed by atoms with Crippen LogP contribution in [0.2, 0.25) is 0 Å². The molecule has 29 heavy (non-hydrogen) atoms. The fraction of sp³-hybridized carbons (Fsp3) is 0.455. The van der Waals surface area contributed by atoms with Crippen molar-refractivity contribution in [3.63, 3.8) is 0 Å².